The second-order valence-electron chi connectivity index (χ2n) is 2.46. The number of allylic oxidation sites excluding steroid dienone is 1. The summed E-state index contributed by atoms with van der Waals surface area (Å²) >= 11 is 0. The molecule has 0 fully saturated rings. The largest absolute Gasteiger partial charge is 0.352 e. The Morgan fingerprint density at radius 3 is 2.67 bits per heavy atom. The van der Waals surface area contributed by atoms with Gasteiger partial charge in [0.05, 0.1) is 6.54 Å². The quantitative estimate of drug-likeness (QED) is 0.575. The summed E-state index contributed by atoms with van der Waals surface area (Å²) in [5.41, 5.74) is 0. The number of carbonyl (C=O) groups excluding carboxylic acids is 1. The summed E-state index contributed by atoms with van der Waals surface area (Å²) in [4.78, 5) is 11.0. The summed E-state index contributed by atoms with van der Waals surface area (Å²) < 4.78 is 0. The molecule has 70 valence electrons. The van der Waals surface area contributed by atoms with E-state index in [1.807, 2.05) is 19.1 Å². The van der Waals surface area contributed by atoms with Gasteiger partial charge in [-0.15, -0.1) is 0 Å². The van der Waals surface area contributed by atoms with Crippen LogP contribution in [0.25, 0.3) is 0 Å². The molecule has 0 aliphatic carbocycles. The lowest BCUT2D eigenvalue weighted by Gasteiger charge is -2.01. The van der Waals surface area contributed by atoms with Gasteiger partial charge in [-0.2, -0.15) is 0 Å². The van der Waals surface area contributed by atoms with E-state index in [1.54, 1.807) is 0 Å². The summed E-state index contributed by atoms with van der Waals surface area (Å²) in [5, 5.41) is 5.72. The van der Waals surface area contributed by atoms with E-state index in [-0.39, 0.29) is 5.91 Å². The van der Waals surface area contributed by atoms with Crippen LogP contribution in [0, 0.1) is 0 Å². The minimum Gasteiger partial charge on any atom is -0.352 e. The Kier molecular flexibility index (Phi) is 7.70. The van der Waals surface area contributed by atoms with Crippen LogP contribution >= 0.6 is 0 Å². The van der Waals surface area contributed by atoms with Crippen LogP contribution in [-0.4, -0.2) is 25.5 Å². The van der Waals surface area contributed by atoms with Gasteiger partial charge in [0, 0.05) is 6.54 Å². The monoisotopic (exact) mass is 170 g/mol. The first-order valence-corrected chi connectivity index (χ1v) is 4.43. The molecule has 0 aromatic carbocycles. The van der Waals surface area contributed by atoms with Crippen LogP contribution in [0.2, 0.25) is 0 Å². The predicted octanol–water partition coefficient (Wildman–Crippen LogP) is 0.678. The van der Waals surface area contributed by atoms with Crippen molar-refractivity contribution in [1.29, 1.82) is 0 Å². The van der Waals surface area contributed by atoms with Gasteiger partial charge in [-0.1, -0.05) is 26.0 Å². The van der Waals surface area contributed by atoms with Crippen LogP contribution in [0.15, 0.2) is 12.2 Å². The molecule has 0 atom stereocenters. The number of rotatable bonds is 6. The summed E-state index contributed by atoms with van der Waals surface area (Å²) in [5.74, 6) is 0.0533. The minimum atomic E-state index is 0.0533. The average Bonchev–Trinajstić information content (AvgIpc) is 2.09. The lowest BCUT2D eigenvalue weighted by Crippen LogP contribution is -2.33. The zero-order valence-electron chi connectivity index (χ0n) is 7.89. The molecule has 3 nitrogen and oxygen atoms in total. The fourth-order valence-corrected chi connectivity index (χ4v) is 0.724. The van der Waals surface area contributed by atoms with E-state index in [9.17, 15) is 4.79 Å². The lowest BCUT2D eigenvalue weighted by molar-refractivity contribution is -0.120. The van der Waals surface area contributed by atoms with Crippen molar-refractivity contribution >= 4 is 5.91 Å². The molecule has 0 aromatic heterocycles. The molecule has 0 saturated heterocycles. The second kappa shape index (κ2) is 8.27. The smallest absolute Gasteiger partial charge is 0.234 e. The maximum absolute atomic E-state index is 11.0. The molecule has 0 radical (unpaired) electrons. The normalized spacial score (nSPS) is 10.5. The fourth-order valence-electron chi connectivity index (χ4n) is 0.724. The Labute approximate surface area is 74.2 Å². The van der Waals surface area contributed by atoms with Gasteiger partial charge in [0.2, 0.25) is 5.91 Å². The molecule has 3 heteroatoms. The topological polar surface area (TPSA) is 41.1 Å². The molecule has 0 rings (SSSR count). The van der Waals surface area contributed by atoms with Crippen LogP contribution in [0.4, 0.5) is 0 Å². The van der Waals surface area contributed by atoms with E-state index in [2.05, 4.69) is 17.6 Å². The first-order chi connectivity index (χ1) is 5.81. The van der Waals surface area contributed by atoms with E-state index in [1.165, 1.54) is 0 Å². The summed E-state index contributed by atoms with van der Waals surface area (Å²) in [6.07, 6.45) is 5.01. The summed E-state index contributed by atoms with van der Waals surface area (Å²) in [6, 6.07) is 0. The number of nitrogens with one attached hydrogen (secondary N) is 2. The maximum atomic E-state index is 11.0. The highest BCUT2D eigenvalue weighted by Gasteiger charge is 1.94. The van der Waals surface area contributed by atoms with Gasteiger partial charge in [-0.25, -0.2) is 0 Å². The molecule has 0 heterocycles. The number of hydrogen-bond acceptors (Lipinski definition) is 2. The van der Waals surface area contributed by atoms with Crippen LogP contribution in [0.3, 0.4) is 0 Å². The van der Waals surface area contributed by atoms with Crippen molar-refractivity contribution in [2.24, 2.45) is 0 Å². The van der Waals surface area contributed by atoms with E-state index in [4.69, 9.17) is 0 Å². The Morgan fingerprint density at radius 2 is 2.08 bits per heavy atom. The molecule has 0 aliphatic rings. The molecular formula is C9H18N2O. The van der Waals surface area contributed by atoms with Crippen molar-refractivity contribution in [3.63, 3.8) is 0 Å². The molecule has 2 N–H and O–H groups in total. The van der Waals surface area contributed by atoms with E-state index < -0.39 is 0 Å². The first kappa shape index (κ1) is 11.2. The van der Waals surface area contributed by atoms with Crippen molar-refractivity contribution < 1.29 is 4.79 Å². The molecule has 0 unspecified atom stereocenters. The fraction of sp³-hybridized carbons (Fsp3) is 0.667. The van der Waals surface area contributed by atoms with Crippen LogP contribution in [0.5, 0.6) is 0 Å². The van der Waals surface area contributed by atoms with Crippen molar-refractivity contribution in [3.05, 3.63) is 12.2 Å². The third kappa shape index (κ3) is 7.28. The highest BCUT2D eigenvalue weighted by molar-refractivity contribution is 5.78. The summed E-state index contributed by atoms with van der Waals surface area (Å²) in [7, 11) is 0. The van der Waals surface area contributed by atoms with Gasteiger partial charge < -0.3 is 10.6 Å². The molecule has 0 saturated carbocycles. The Hall–Kier alpha value is -0.830. The highest BCUT2D eigenvalue weighted by atomic mass is 16.1. The van der Waals surface area contributed by atoms with Gasteiger partial charge in [0.15, 0.2) is 0 Å². The van der Waals surface area contributed by atoms with E-state index in [0.29, 0.717) is 13.1 Å². The number of likely N-dealkylation sites (N-methyl/N-ethyl adjacent to an activating group) is 1. The molecule has 1 amide bonds. The van der Waals surface area contributed by atoms with Crippen molar-refractivity contribution in [2.75, 3.05) is 19.6 Å². The number of amides is 1. The van der Waals surface area contributed by atoms with Crippen molar-refractivity contribution in [1.82, 2.24) is 10.6 Å². The van der Waals surface area contributed by atoms with E-state index in [0.717, 1.165) is 13.0 Å². The van der Waals surface area contributed by atoms with Gasteiger partial charge in [0.25, 0.3) is 0 Å². The Bertz CT molecular complexity index is 143. The molecule has 0 spiro atoms. The number of carbonyl (C=O) groups is 1. The average molecular weight is 170 g/mol. The summed E-state index contributed by atoms with van der Waals surface area (Å²) in [6.45, 7) is 5.92. The lowest BCUT2D eigenvalue weighted by atomic mass is 10.4. The maximum Gasteiger partial charge on any atom is 0.234 e. The van der Waals surface area contributed by atoms with Gasteiger partial charge >= 0.3 is 0 Å². The zero-order chi connectivity index (χ0) is 9.23. The molecule has 12 heavy (non-hydrogen) atoms. The van der Waals surface area contributed by atoms with Crippen LogP contribution in [-0.2, 0) is 4.79 Å². The minimum absolute atomic E-state index is 0.0533. The van der Waals surface area contributed by atoms with Gasteiger partial charge in [-0.05, 0) is 13.0 Å². The molecular weight excluding hydrogens is 152 g/mol. The second-order valence-corrected chi connectivity index (χ2v) is 2.46. The third-order valence-corrected chi connectivity index (χ3v) is 1.36. The Morgan fingerprint density at radius 1 is 1.33 bits per heavy atom. The highest BCUT2D eigenvalue weighted by Crippen LogP contribution is 1.76. The van der Waals surface area contributed by atoms with Crippen LogP contribution in [0.1, 0.15) is 20.3 Å². The van der Waals surface area contributed by atoms with Crippen molar-refractivity contribution in [3.8, 4) is 0 Å². The Balaban J connectivity index is 3.25. The molecule has 0 aromatic rings. The van der Waals surface area contributed by atoms with Gasteiger partial charge in [0.1, 0.15) is 0 Å². The SMILES string of the molecule is CC/C=C/CNC(=O)CNCC. The first-order valence-electron chi connectivity index (χ1n) is 4.43. The van der Waals surface area contributed by atoms with Crippen LogP contribution < -0.4 is 10.6 Å². The zero-order valence-corrected chi connectivity index (χ0v) is 7.89. The molecule has 0 bridgehead atoms. The predicted molar refractivity (Wildman–Crippen MR) is 51.0 cm³/mol. The standard InChI is InChI=1S/C9H18N2O/c1-3-5-6-7-11-9(12)8-10-4-2/h5-6,10H,3-4,7-8H2,1-2H3,(H,11,12)/b6-5+. The van der Waals surface area contributed by atoms with Crippen molar-refractivity contribution in [2.45, 2.75) is 20.3 Å². The number of hydrogen-bond donors (Lipinski definition) is 2. The van der Waals surface area contributed by atoms with Gasteiger partial charge in [-0.3, -0.25) is 4.79 Å². The molecule has 0 aliphatic heterocycles. The van der Waals surface area contributed by atoms with E-state index >= 15 is 0 Å². The third-order valence-electron chi connectivity index (χ3n) is 1.36.